The van der Waals surface area contributed by atoms with Crippen molar-refractivity contribution in [2.45, 2.75) is 31.7 Å². The predicted octanol–water partition coefficient (Wildman–Crippen LogP) is 0.623. The lowest BCUT2D eigenvalue weighted by Gasteiger charge is -2.30. The highest BCUT2D eigenvalue weighted by Gasteiger charge is 2.50. The molecule has 0 spiro atoms. The van der Waals surface area contributed by atoms with Crippen LogP contribution in [-0.2, 0) is 9.53 Å². The second kappa shape index (κ2) is 4.72. The zero-order valence-electron chi connectivity index (χ0n) is 10.3. The first-order chi connectivity index (χ1) is 7.66. The number of nitrogens with one attached hydrogen (secondary N) is 1. The maximum absolute atomic E-state index is 11.6. The van der Waals surface area contributed by atoms with Crippen LogP contribution in [0.5, 0.6) is 0 Å². The van der Waals surface area contributed by atoms with Crippen LogP contribution in [0.3, 0.4) is 0 Å². The van der Waals surface area contributed by atoms with Gasteiger partial charge in [0.15, 0.2) is 0 Å². The fourth-order valence-electron chi connectivity index (χ4n) is 2.37. The van der Waals surface area contributed by atoms with Crippen molar-refractivity contribution in [3.05, 3.63) is 0 Å². The molecule has 1 saturated heterocycles. The number of methoxy groups -OCH3 is 1. The summed E-state index contributed by atoms with van der Waals surface area (Å²) in [6.07, 6.45) is 4.35. The molecule has 2 fully saturated rings. The van der Waals surface area contributed by atoms with Crippen LogP contribution in [0, 0.1) is 5.41 Å². The average Bonchev–Trinajstić information content (AvgIpc) is 3.08. The minimum Gasteiger partial charge on any atom is -0.469 e. The predicted molar refractivity (Wildman–Crippen MR) is 62.2 cm³/mol. The van der Waals surface area contributed by atoms with Crippen molar-refractivity contribution in [3.8, 4) is 0 Å². The SMILES string of the molecule is COC(=O)C1(CNC2CCN(C)CC2)CC1. The third-order valence-electron chi connectivity index (χ3n) is 3.92. The lowest BCUT2D eigenvalue weighted by molar-refractivity contribution is -0.147. The molecule has 1 aliphatic heterocycles. The zero-order valence-corrected chi connectivity index (χ0v) is 10.3. The van der Waals surface area contributed by atoms with E-state index < -0.39 is 0 Å². The van der Waals surface area contributed by atoms with Crippen molar-refractivity contribution in [1.82, 2.24) is 10.2 Å². The first kappa shape index (κ1) is 11.9. The summed E-state index contributed by atoms with van der Waals surface area (Å²) in [5.74, 6) is -0.0343. The first-order valence-electron chi connectivity index (χ1n) is 6.17. The highest BCUT2D eigenvalue weighted by Crippen LogP contribution is 2.46. The maximum Gasteiger partial charge on any atom is 0.313 e. The van der Waals surface area contributed by atoms with E-state index in [-0.39, 0.29) is 11.4 Å². The molecule has 0 radical (unpaired) electrons. The van der Waals surface area contributed by atoms with E-state index in [9.17, 15) is 4.79 Å². The van der Waals surface area contributed by atoms with Gasteiger partial charge in [-0.1, -0.05) is 0 Å². The van der Waals surface area contributed by atoms with E-state index in [1.54, 1.807) is 0 Å². The van der Waals surface area contributed by atoms with Crippen LogP contribution in [0.25, 0.3) is 0 Å². The molecule has 1 aliphatic carbocycles. The Morgan fingerprint density at radius 3 is 2.56 bits per heavy atom. The van der Waals surface area contributed by atoms with Crippen LogP contribution in [0.4, 0.5) is 0 Å². The van der Waals surface area contributed by atoms with Crippen LogP contribution in [0.1, 0.15) is 25.7 Å². The minimum absolute atomic E-state index is 0.0343. The molecule has 0 aromatic carbocycles. The van der Waals surface area contributed by atoms with Crippen molar-refractivity contribution in [1.29, 1.82) is 0 Å². The van der Waals surface area contributed by atoms with E-state index in [2.05, 4.69) is 17.3 Å². The van der Waals surface area contributed by atoms with E-state index in [4.69, 9.17) is 4.74 Å². The van der Waals surface area contributed by atoms with E-state index in [1.807, 2.05) is 0 Å². The molecule has 2 aliphatic rings. The molecule has 4 nitrogen and oxygen atoms in total. The standard InChI is InChI=1S/C12H22N2O2/c1-14-7-3-10(4-8-14)13-9-12(5-6-12)11(15)16-2/h10,13H,3-9H2,1-2H3. The number of likely N-dealkylation sites (tertiary alicyclic amines) is 1. The number of hydrogen-bond acceptors (Lipinski definition) is 4. The number of carbonyl (C=O) groups excluding carboxylic acids is 1. The Morgan fingerprint density at radius 1 is 1.44 bits per heavy atom. The molecule has 1 heterocycles. The van der Waals surface area contributed by atoms with Crippen molar-refractivity contribution in [2.75, 3.05) is 33.8 Å². The molecule has 0 atom stereocenters. The fraction of sp³-hybridized carbons (Fsp3) is 0.917. The monoisotopic (exact) mass is 226 g/mol. The summed E-state index contributed by atoms with van der Waals surface area (Å²) in [6.45, 7) is 3.11. The Balaban J connectivity index is 1.73. The van der Waals surface area contributed by atoms with Gasteiger partial charge in [0.1, 0.15) is 0 Å². The number of carbonyl (C=O) groups is 1. The molecule has 0 bridgehead atoms. The van der Waals surface area contributed by atoms with Crippen molar-refractivity contribution < 1.29 is 9.53 Å². The summed E-state index contributed by atoms with van der Waals surface area (Å²) >= 11 is 0. The molecule has 1 N–H and O–H groups in total. The van der Waals surface area contributed by atoms with E-state index in [0.717, 1.165) is 32.5 Å². The lowest BCUT2D eigenvalue weighted by atomic mass is 10.0. The third kappa shape index (κ3) is 2.55. The Hall–Kier alpha value is -0.610. The molecule has 0 aromatic rings. The Kier molecular flexibility index (Phi) is 3.50. The summed E-state index contributed by atoms with van der Waals surface area (Å²) in [6, 6.07) is 0.582. The van der Waals surface area contributed by atoms with Crippen LogP contribution in [0.2, 0.25) is 0 Å². The van der Waals surface area contributed by atoms with Gasteiger partial charge >= 0.3 is 5.97 Å². The van der Waals surface area contributed by atoms with Gasteiger partial charge in [0.25, 0.3) is 0 Å². The second-order valence-electron chi connectivity index (χ2n) is 5.23. The Morgan fingerprint density at radius 2 is 2.06 bits per heavy atom. The molecule has 16 heavy (non-hydrogen) atoms. The zero-order chi connectivity index (χ0) is 11.6. The highest BCUT2D eigenvalue weighted by molar-refractivity contribution is 5.80. The van der Waals surface area contributed by atoms with Crippen molar-refractivity contribution >= 4 is 5.97 Å². The largest absolute Gasteiger partial charge is 0.469 e. The van der Waals surface area contributed by atoms with E-state index in [0.29, 0.717) is 6.04 Å². The average molecular weight is 226 g/mol. The van der Waals surface area contributed by atoms with Gasteiger partial charge in [0, 0.05) is 12.6 Å². The fourth-order valence-corrected chi connectivity index (χ4v) is 2.37. The topological polar surface area (TPSA) is 41.6 Å². The van der Waals surface area contributed by atoms with Gasteiger partial charge in [0.05, 0.1) is 12.5 Å². The molecular weight excluding hydrogens is 204 g/mol. The summed E-state index contributed by atoms with van der Waals surface area (Å²) in [4.78, 5) is 13.9. The summed E-state index contributed by atoms with van der Waals surface area (Å²) in [5.41, 5.74) is -0.182. The van der Waals surface area contributed by atoms with Crippen molar-refractivity contribution in [3.63, 3.8) is 0 Å². The van der Waals surface area contributed by atoms with Gasteiger partial charge in [-0.05, 0) is 45.8 Å². The Labute approximate surface area is 97.3 Å². The van der Waals surface area contributed by atoms with Crippen LogP contribution < -0.4 is 5.32 Å². The number of hydrogen-bond donors (Lipinski definition) is 1. The van der Waals surface area contributed by atoms with Crippen LogP contribution in [0.15, 0.2) is 0 Å². The first-order valence-corrected chi connectivity index (χ1v) is 6.17. The normalized spacial score (nSPS) is 25.4. The summed E-state index contributed by atoms with van der Waals surface area (Å²) in [5, 5.41) is 3.53. The molecular formula is C12H22N2O2. The Bertz CT molecular complexity index is 256. The number of nitrogens with zero attached hydrogens (tertiary/aromatic N) is 1. The summed E-state index contributed by atoms with van der Waals surface area (Å²) < 4.78 is 4.85. The second-order valence-corrected chi connectivity index (χ2v) is 5.23. The van der Waals surface area contributed by atoms with Crippen molar-refractivity contribution in [2.24, 2.45) is 5.41 Å². The molecule has 4 heteroatoms. The lowest BCUT2D eigenvalue weighted by Crippen LogP contribution is -2.44. The van der Waals surface area contributed by atoms with Gasteiger partial charge in [-0.3, -0.25) is 4.79 Å². The van der Waals surface area contributed by atoms with Gasteiger partial charge in [-0.15, -0.1) is 0 Å². The molecule has 92 valence electrons. The molecule has 0 aromatic heterocycles. The number of esters is 1. The molecule has 2 rings (SSSR count). The van der Waals surface area contributed by atoms with Crippen LogP contribution >= 0.6 is 0 Å². The number of rotatable bonds is 4. The third-order valence-corrected chi connectivity index (χ3v) is 3.92. The highest BCUT2D eigenvalue weighted by atomic mass is 16.5. The van der Waals surface area contributed by atoms with Gasteiger partial charge in [-0.2, -0.15) is 0 Å². The van der Waals surface area contributed by atoms with Crippen LogP contribution in [-0.4, -0.2) is 50.7 Å². The molecule has 0 unspecified atom stereocenters. The number of piperidine rings is 1. The van der Waals surface area contributed by atoms with E-state index in [1.165, 1.54) is 20.0 Å². The quantitative estimate of drug-likeness (QED) is 0.714. The van der Waals surface area contributed by atoms with Gasteiger partial charge in [0.2, 0.25) is 0 Å². The van der Waals surface area contributed by atoms with E-state index >= 15 is 0 Å². The smallest absolute Gasteiger partial charge is 0.313 e. The molecule has 0 amide bonds. The molecule has 1 saturated carbocycles. The maximum atomic E-state index is 11.6. The van der Waals surface area contributed by atoms with Gasteiger partial charge < -0.3 is 15.0 Å². The minimum atomic E-state index is -0.182. The summed E-state index contributed by atoms with van der Waals surface area (Å²) in [7, 11) is 3.64. The number of ether oxygens (including phenoxy) is 1. The van der Waals surface area contributed by atoms with Gasteiger partial charge in [-0.25, -0.2) is 0 Å².